The van der Waals surface area contributed by atoms with E-state index in [1.807, 2.05) is 51.1 Å². The van der Waals surface area contributed by atoms with Gasteiger partial charge in [0.15, 0.2) is 0 Å². The van der Waals surface area contributed by atoms with Gasteiger partial charge in [0.2, 0.25) is 5.95 Å². The van der Waals surface area contributed by atoms with Crippen molar-refractivity contribution in [2.24, 2.45) is 0 Å². The summed E-state index contributed by atoms with van der Waals surface area (Å²) < 4.78 is 21.2. The number of imidazole rings is 1. The predicted octanol–water partition coefficient (Wildman–Crippen LogP) is 4.65. The lowest BCUT2D eigenvalue weighted by atomic mass is 10.2. The van der Waals surface area contributed by atoms with Crippen molar-refractivity contribution >= 4 is 23.1 Å². The van der Waals surface area contributed by atoms with E-state index in [1.54, 1.807) is 17.0 Å². The Kier molecular flexibility index (Phi) is 5.37. The minimum atomic E-state index is -0.512. The minimum absolute atomic E-state index is 0.0700. The molecule has 6 nitrogen and oxygen atoms in total. The van der Waals surface area contributed by atoms with Gasteiger partial charge in [-0.1, -0.05) is 24.3 Å². The van der Waals surface area contributed by atoms with Gasteiger partial charge in [-0.15, -0.1) is 0 Å². The second-order valence-electron chi connectivity index (χ2n) is 8.70. The number of para-hydroxylation sites is 2. The quantitative estimate of drug-likeness (QED) is 0.680. The van der Waals surface area contributed by atoms with Crippen molar-refractivity contribution in [2.75, 3.05) is 18.4 Å². The molecular formula is C23H27FN4O2. The largest absolute Gasteiger partial charge is 0.444 e. The summed E-state index contributed by atoms with van der Waals surface area (Å²) in [5, 5.41) is 3.49. The van der Waals surface area contributed by atoms with E-state index in [9.17, 15) is 9.18 Å². The van der Waals surface area contributed by atoms with Crippen LogP contribution in [-0.2, 0) is 11.3 Å². The van der Waals surface area contributed by atoms with Crippen LogP contribution in [0.3, 0.4) is 0 Å². The molecule has 1 unspecified atom stereocenters. The van der Waals surface area contributed by atoms with Crippen LogP contribution >= 0.6 is 0 Å². The Morgan fingerprint density at radius 2 is 2.03 bits per heavy atom. The molecule has 2 aromatic carbocycles. The number of rotatable bonds is 4. The number of halogens is 1. The monoisotopic (exact) mass is 410 g/mol. The molecule has 1 atom stereocenters. The first kappa shape index (κ1) is 20.2. The maximum Gasteiger partial charge on any atom is 0.410 e. The van der Waals surface area contributed by atoms with Gasteiger partial charge in [-0.3, -0.25) is 0 Å². The molecule has 1 fully saturated rings. The topological polar surface area (TPSA) is 59.4 Å². The van der Waals surface area contributed by atoms with E-state index in [4.69, 9.17) is 9.72 Å². The first-order valence-corrected chi connectivity index (χ1v) is 10.2. The number of fused-ring (bicyclic) bond motifs is 1. The Hall–Kier alpha value is -3.09. The first-order chi connectivity index (χ1) is 14.3. The van der Waals surface area contributed by atoms with Crippen LogP contribution < -0.4 is 5.32 Å². The molecular weight excluding hydrogens is 383 g/mol. The molecule has 0 aliphatic carbocycles. The van der Waals surface area contributed by atoms with E-state index >= 15 is 0 Å². The van der Waals surface area contributed by atoms with Crippen molar-refractivity contribution in [3.8, 4) is 0 Å². The number of anilines is 1. The average Bonchev–Trinajstić information content (AvgIpc) is 3.26. The number of ether oxygens (including phenoxy) is 1. The predicted molar refractivity (Wildman–Crippen MR) is 115 cm³/mol. The van der Waals surface area contributed by atoms with Crippen molar-refractivity contribution in [3.63, 3.8) is 0 Å². The molecule has 3 aromatic rings. The number of amides is 1. The van der Waals surface area contributed by atoms with Crippen LogP contribution in [0.1, 0.15) is 32.8 Å². The number of nitrogens with zero attached hydrogens (tertiary/aromatic N) is 3. The number of hydrogen-bond acceptors (Lipinski definition) is 4. The van der Waals surface area contributed by atoms with E-state index < -0.39 is 5.60 Å². The van der Waals surface area contributed by atoms with Gasteiger partial charge in [0.1, 0.15) is 11.4 Å². The highest BCUT2D eigenvalue weighted by Gasteiger charge is 2.30. The second-order valence-corrected chi connectivity index (χ2v) is 8.70. The zero-order chi connectivity index (χ0) is 21.3. The average molecular weight is 410 g/mol. The van der Waals surface area contributed by atoms with Crippen LogP contribution in [-0.4, -0.2) is 45.3 Å². The van der Waals surface area contributed by atoms with Crippen molar-refractivity contribution in [1.29, 1.82) is 0 Å². The first-order valence-electron chi connectivity index (χ1n) is 10.2. The molecule has 4 rings (SSSR count). The summed E-state index contributed by atoms with van der Waals surface area (Å²) in [5.74, 6) is 0.465. The van der Waals surface area contributed by atoms with E-state index in [0.29, 0.717) is 19.6 Å². The lowest BCUT2D eigenvalue weighted by Gasteiger charge is -2.24. The van der Waals surface area contributed by atoms with Crippen LogP contribution in [0.4, 0.5) is 15.1 Å². The van der Waals surface area contributed by atoms with Gasteiger partial charge in [-0.2, -0.15) is 0 Å². The molecule has 1 amide bonds. The SMILES string of the molecule is CC(C)(C)OC(=O)N1CCC(Nc2nc3ccccc3n2Cc2cccc(F)c2)C1. The fourth-order valence-corrected chi connectivity index (χ4v) is 3.72. The van der Waals surface area contributed by atoms with Crippen molar-refractivity contribution < 1.29 is 13.9 Å². The summed E-state index contributed by atoms with van der Waals surface area (Å²) in [6.45, 7) is 7.29. The van der Waals surface area contributed by atoms with Gasteiger partial charge in [-0.25, -0.2) is 14.2 Å². The van der Waals surface area contributed by atoms with Gasteiger partial charge >= 0.3 is 6.09 Å². The molecule has 1 aliphatic rings. The van der Waals surface area contributed by atoms with Gasteiger partial charge in [-0.05, 0) is 57.0 Å². The normalized spacial score (nSPS) is 16.8. The third kappa shape index (κ3) is 4.56. The zero-order valence-electron chi connectivity index (χ0n) is 17.6. The van der Waals surface area contributed by atoms with E-state index in [-0.39, 0.29) is 18.0 Å². The maximum atomic E-state index is 13.7. The highest BCUT2D eigenvalue weighted by atomic mass is 19.1. The number of aromatic nitrogens is 2. The number of benzene rings is 2. The molecule has 1 saturated heterocycles. The smallest absolute Gasteiger partial charge is 0.410 e. The fourth-order valence-electron chi connectivity index (χ4n) is 3.72. The summed E-state index contributed by atoms with van der Waals surface area (Å²) in [6.07, 6.45) is 0.516. The number of hydrogen-bond donors (Lipinski definition) is 1. The number of carbonyl (C=O) groups is 1. The third-order valence-corrected chi connectivity index (χ3v) is 5.06. The molecule has 0 radical (unpaired) electrons. The summed E-state index contributed by atoms with van der Waals surface area (Å²) in [5.41, 5.74) is 2.20. The number of nitrogens with one attached hydrogen (secondary N) is 1. The van der Waals surface area contributed by atoms with Crippen molar-refractivity contribution in [3.05, 3.63) is 59.9 Å². The molecule has 2 heterocycles. The maximum absolute atomic E-state index is 13.7. The summed E-state index contributed by atoms with van der Waals surface area (Å²) in [6, 6.07) is 14.6. The second kappa shape index (κ2) is 7.97. The highest BCUT2D eigenvalue weighted by Crippen LogP contribution is 2.24. The van der Waals surface area contributed by atoms with Gasteiger partial charge in [0, 0.05) is 19.1 Å². The van der Waals surface area contributed by atoms with E-state index in [0.717, 1.165) is 29.0 Å². The Morgan fingerprint density at radius 3 is 2.80 bits per heavy atom. The van der Waals surface area contributed by atoms with Crippen LogP contribution in [0.15, 0.2) is 48.5 Å². The molecule has 30 heavy (non-hydrogen) atoms. The summed E-state index contributed by atoms with van der Waals surface area (Å²) in [7, 11) is 0. The van der Waals surface area contributed by atoms with Crippen LogP contribution in [0.5, 0.6) is 0 Å². The van der Waals surface area contributed by atoms with Crippen molar-refractivity contribution in [1.82, 2.24) is 14.5 Å². The molecule has 7 heteroatoms. The van der Waals surface area contributed by atoms with E-state index in [1.165, 1.54) is 6.07 Å². The Balaban J connectivity index is 1.54. The molecule has 0 saturated carbocycles. The number of carbonyl (C=O) groups excluding carboxylic acids is 1. The van der Waals surface area contributed by atoms with Crippen LogP contribution in [0.25, 0.3) is 11.0 Å². The van der Waals surface area contributed by atoms with Crippen molar-refractivity contribution in [2.45, 2.75) is 45.4 Å². The summed E-state index contributed by atoms with van der Waals surface area (Å²) >= 11 is 0. The third-order valence-electron chi connectivity index (χ3n) is 5.06. The number of likely N-dealkylation sites (tertiary alicyclic amines) is 1. The molecule has 0 bridgehead atoms. The highest BCUT2D eigenvalue weighted by molar-refractivity contribution is 5.79. The fraction of sp³-hybridized carbons (Fsp3) is 0.391. The van der Waals surface area contributed by atoms with E-state index in [2.05, 4.69) is 9.88 Å². The Labute approximate surface area is 175 Å². The molecule has 1 aromatic heterocycles. The standard InChI is InChI=1S/C23H27FN4O2/c1-23(2,3)30-22(29)27-12-11-18(15-27)25-21-26-19-9-4-5-10-20(19)28(21)14-16-7-6-8-17(24)13-16/h4-10,13,18H,11-12,14-15H2,1-3H3,(H,25,26). The van der Waals surface area contributed by atoms with Crippen LogP contribution in [0, 0.1) is 5.82 Å². The zero-order valence-corrected chi connectivity index (χ0v) is 17.6. The van der Waals surface area contributed by atoms with Gasteiger partial charge in [0.05, 0.1) is 17.6 Å². The van der Waals surface area contributed by atoms with Crippen LogP contribution in [0.2, 0.25) is 0 Å². The molecule has 1 N–H and O–H groups in total. The lowest BCUT2D eigenvalue weighted by Crippen LogP contribution is -2.36. The molecule has 0 spiro atoms. The lowest BCUT2D eigenvalue weighted by molar-refractivity contribution is 0.0293. The molecule has 1 aliphatic heterocycles. The van der Waals surface area contributed by atoms with Gasteiger partial charge < -0.3 is 19.5 Å². The van der Waals surface area contributed by atoms with Gasteiger partial charge in [0.25, 0.3) is 0 Å². The Bertz CT molecular complexity index is 1060. The summed E-state index contributed by atoms with van der Waals surface area (Å²) in [4.78, 5) is 18.8. The minimum Gasteiger partial charge on any atom is -0.444 e. The Morgan fingerprint density at radius 1 is 1.23 bits per heavy atom. The molecule has 158 valence electrons.